The predicted molar refractivity (Wildman–Crippen MR) is 83.5 cm³/mol. The molecule has 1 aliphatic rings. The molecule has 3 rings (SSSR count). The van der Waals surface area contributed by atoms with Crippen molar-refractivity contribution in [3.63, 3.8) is 0 Å². The minimum atomic E-state index is -0.0323. The number of nitrogens with zero attached hydrogens (tertiary/aromatic N) is 2. The van der Waals surface area contributed by atoms with Crippen LogP contribution in [0.2, 0.25) is 0 Å². The summed E-state index contributed by atoms with van der Waals surface area (Å²) in [6.07, 6.45) is 4.99. The van der Waals surface area contributed by atoms with Gasteiger partial charge in [0.05, 0.1) is 11.7 Å². The van der Waals surface area contributed by atoms with E-state index in [1.54, 1.807) is 0 Å². The van der Waals surface area contributed by atoms with Gasteiger partial charge in [0.2, 0.25) is 0 Å². The molecule has 1 aliphatic carbocycles. The van der Waals surface area contributed by atoms with Gasteiger partial charge in [-0.3, -0.25) is 4.79 Å². The van der Waals surface area contributed by atoms with E-state index in [0.717, 1.165) is 37.8 Å². The van der Waals surface area contributed by atoms with E-state index in [2.05, 4.69) is 40.0 Å². The molecule has 4 nitrogen and oxygen atoms in total. The predicted octanol–water partition coefficient (Wildman–Crippen LogP) is 3.30. The van der Waals surface area contributed by atoms with Gasteiger partial charge in [0.1, 0.15) is 4.88 Å². The highest BCUT2D eigenvalue weighted by molar-refractivity contribution is 7.08. The first-order valence-corrected chi connectivity index (χ1v) is 8.26. The van der Waals surface area contributed by atoms with E-state index in [0.29, 0.717) is 4.88 Å². The summed E-state index contributed by atoms with van der Waals surface area (Å²) in [4.78, 5) is 13.2. The maximum Gasteiger partial charge on any atom is 0.265 e. The van der Waals surface area contributed by atoms with Crippen LogP contribution in [0.15, 0.2) is 24.3 Å². The van der Waals surface area contributed by atoms with Crippen LogP contribution < -0.4 is 5.32 Å². The molecule has 0 aliphatic heterocycles. The number of aromatic nitrogens is 2. The number of amides is 1. The van der Waals surface area contributed by atoms with Gasteiger partial charge < -0.3 is 5.32 Å². The molecule has 5 heteroatoms. The largest absolute Gasteiger partial charge is 0.344 e. The first-order chi connectivity index (χ1) is 10.3. The summed E-state index contributed by atoms with van der Waals surface area (Å²) in [5.74, 6) is -0.0323. The highest BCUT2D eigenvalue weighted by Gasteiger charge is 2.24. The van der Waals surface area contributed by atoms with Crippen LogP contribution in [0.1, 0.15) is 58.7 Å². The molecule has 0 fully saturated rings. The van der Waals surface area contributed by atoms with Crippen molar-refractivity contribution in [2.75, 3.05) is 0 Å². The maximum atomic E-state index is 12.5. The number of nitrogens with one attached hydrogen (secondary N) is 1. The van der Waals surface area contributed by atoms with Crippen LogP contribution in [0.4, 0.5) is 0 Å². The Morgan fingerprint density at radius 3 is 3.14 bits per heavy atom. The summed E-state index contributed by atoms with van der Waals surface area (Å²) >= 11 is 1.19. The van der Waals surface area contributed by atoms with Crippen molar-refractivity contribution >= 4 is 17.4 Å². The average molecular weight is 301 g/mol. The smallest absolute Gasteiger partial charge is 0.265 e. The lowest BCUT2D eigenvalue weighted by Crippen LogP contribution is -2.31. The van der Waals surface area contributed by atoms with Crippen LogP contribution in [-0.4, -0.2) is 15.5 Å². The van der Waals surface area contributed by atoms with Crippen LogP contribution in [0.25, 0.3) is 0 Å². The van der Waals surface area contributed by atoms with E-state index in [4.69, 9.17) is 0 Å². The summed E-state index contributed by atoms with van der Waals surface area (Å²) in [6, 6.07) is 8.50. The molecule has 0 radical (unpaired) electrons. The van der Waals surface area contributed by atoms with Crippen molar-refractivity contribution in [3.8, 4) is 0 Å². The van der Waals surface area contributed by atoms with Crippen LogP contribution in [0.5, 0.6) is 0 Å². The number of hydrogen-bond donors (Lipinski definition) is 1. The summed E-state index contributed by atoms with van der Waals surface area (Å²) < 4.78 is 3.93. The second kappa shape index (κ2) is 6.35. The topological polar surface area (TPSA) is 54.9 Å². The zero-order chi connectivity index (χ0) is 14.7. The first-order valence-electron chi connectivity index (χ1n) is 7.49. The molecule has 0 bridgehead atoms. The van der Waals surface area contributed by atoms with Crippen LogP contribution in [0.3, 0.4) is 0 Å². The highest BCUT2D eigenvalue weighted by Crippen LogP contribution is 2.30. The van der Waals surface area contributed by atoms with E-state index in [1.807, 2.05) is 6.07 Å². The molecule has 1 N–H and O–H groups in total. The number of benzene rings is 1. The lowest BCUT2D eigenvalue weighted by molar-refractivity contribution is 0.0935. The Labute approximate surface area is 128 Å². The number of fused-ring (bicyclic) bond motifs is 1. The molecule has 110 valence electrons. The Bertz CT molecular complexity index is 638. The molecule has 1 amide bonds. The zero-order valence-electron chi connectivity index (χ0n) is 12.1. The number of aryl methyl sites for hydroxylation is 2. The van der Waals surface area contributed by atoms with Gasteiger partial charge in [-0.15, -0.1) is 5.10 Å². The quantitative estimate of drug-likeness (QED) is 0.942. The molecule has 1 heterocycles. The third kappa shape index (κ3) is 2.97. The summed E-state index contributed by atoms with van der Waals surface area (Å²) in [5.41, 5.74) is 3.43. The Kier molecular flexibility index (Phi) is 4.29. The summed E-state index contributed by atoms with van der Waals surface area (Å²) in [7, 11) is 0. The SMILES string of the molecule is CCCc1nnsc1C(=O)NC1CCCc2ccccc21. The molecule has 1 aromatic carbocycles. The first kappa shape index (κ1) is 14.2. The molecule has 1 atom stereocenters. The van der Waals surface area contributed by atoms with Gasteiger partial charge in [0.25, 0.3) is 5.91 Å². The van der Waals surface area contributed by atoms with E-state index in [9.17, 15) is 4.79 Å². The van der Waals surface area contributed by atoms with Gasteiger partial charge in [-0.1, -0.05) is 42.1 Å². The minimum absolute atomic E-state index is 0.0323. The van der Waals surface area contributed by atoms with E-state index in [1.165, 1.54) is 22.7 Å². The summed E-state index contributed by atoms with van der Waals surface area (Å²) in [6.45, 7) is 2.08. The molecular weight excluding hydrogens is 282 g/mol. The Balaban J connectivity index is 1.78. The second-order valence-corrected chi connectivity index (χ2v) is 6.17. The normalized spacial score (nSPS) is 17.3. The monoisotopic (exact) mass is 301 g/mol. The third-order valence-electron chi connectivity index (χ3n) is 3.92. The molecule has 0 saturated carbocycles. The third-order valence-corrected chi connectivity index (χ3v) is 4.69. The summed E-state index contributed by atoms with van der Waals surface area (Å²) in [5, 5.41) is 7.24. The van der Waals surface area contributed by atoms with Gasteiger partial charge >= 0.3 is 0 Å². The van der Waals surface area contributed by atoms with Crippen molar-refractivity contribution < 1.29 is 4.79 Å². The lowest BCUT2D eigenvalue weighted by atomic mass is 9.88. The van der Waals surface area contributed by atoms with E-state index in [-0.39, 0.29) is 11.9 Å². The molecule has 1 unspecified atom stereocenters. The van der Waals surface area contributed by atoms with Gasteiger partial charge in [0, 0.05) is 0 Å². The van der Waals surface area contributed by atoms with Crippen LogP contribution >= 0.6 is 11.5 Å². The molecule has 21 heavy (non-hydrogen) atoms. The van der Waals surface area contributed by atoms with Gasteiger partial charge in [-0.2, -0.15) is 0 Å². The fourth-order valence-electron chi connectivity index (χ4n) is 2.91. The van der Waals surface area contributed by atoms with Crippen molar-refractivity contribution in [2.45, 2.75) is 45.1 Å². The molecule has 0 saturated heterocycles. The molecular formula is C16H19N3OS. The van der Waals surface area contributed by atoms with Crippen molar-refractivity contribution in [2.24, 2.45) is 0 Å². The fourth-order valence-corrected chi connectivity index (χ4v) is 3.52. The molecule has 0 spiro atoms. The molecule has 2 aromatic rings. The van der Waals surface area contributed by atoms with Crippen LogP contribution in [-0.2, 0) is 12.8 Å². The van der Waals surface area contributed by atoms with Gasteiger partial charge in [-0.25, -0.2) is 0 Å². The Morgan fingerprint density at radius 1 is 1.43 bits per heavy atom. The Hall–Kier alpha value is -1.75. The number of carbonyl (C=O) groups is 1. The van der Waals surface area contributed by atoms with Gasteiger partial charge in [0.15, 0.2) is 0 Å². The maximum absolute atomic E-state index is 12.5. The average Bonchev–Trinajstić information content (AvgIpc) is 2.96. The number of carbonyl (C=O) groups excluding carboxylic acids is 1. The van der Waals surface area contributed by atoms with Gasteiger partial charge in [-0.05, 0) is 48.3 Å². The lowest BCUT2D eigenvalue weighted by Gasteiger charge is -2.26. The highest BCUT2D eigenvalue weighted by atomic mass is 32.1. The van der Waals surface area contributed by atoms with Crippen molar-refractivity contribution in [1.82, 2.24) is 14.9 Å². The van der Waals surface area contributed by atoms with Crippen molar-refractivity contribution in [3.05, 3.63) is 46.0 Å². The number of rotatable bonds is 4. The molecule has 1 aromatic heterocycles. The number of hydrogen-bond acceptors (Lipinski definition) is 4. The Morgan fingerprint density at radius 2 is 2.29 bits per heavy atom. The van der Waals surface area contributed by atoms with Crippen molar-refractivity contribution in [1.29, 1.82) is 0 Å². The van der Waals surface area contributed by atoms with E-state index >= 15 is 0 Å². The second-order valence-electron chi connectivity index (χ2n) is 5.42. The zero-order valence-corrected chi connectivity index (χ0v) is 12.9. The van der Waals surface area contributed by atoms with Crippen LogP contribution in [0, 0.1) is 0 Å². The van der Waals surface area contributed by atoms with E-state index < -0.39 is 0 Å². The fraction of sp³-hybridized carbons (Fsp3) is 0.438. The standard InChI is InChI=1S/C16H19N3OS/c1-2-6-14-15(21-19-18-14)16(20)17-13-10-5-8-11-7-3-4-9-12(11)13/h3-4,7,9,13H,2,5-6,8,10H2,1H3,(H,17,20). The minimum Gasteiger partial charge on any atom is -0.344 e.